The average molecular weight is 544 g/mol. The Hall–Kier alpha value is -3.24. The van der Waals surface area contributed by atoms with Crippen molar-refractivity contribution >= 4 is 46.2 Å². The van der Waals surface area contributed by atoms with Crippen molar-refractivity contribution in [3.05, 3.63) is 58.8 Å². The van der Waals surface area contributed by atoms with Crippen LogP contribution >= 0.6 is 23.4 Å². The Labute approximate surface area is 224 Å². The van der Waals surface area contributed by atoms with Gasteiger partial charge in [-0.3, -0.25) is 14.2 Å². The summed E-state index contributed by atoms with van der Waals surface area (Å²) in [6.45, 7) is 2.27. The Morgan fingerprint density at radius 3 is 2.46 bits per heavy atom. The first-order valence-corrected chi connectivity index (χ1v) is 13.4. The lowest BCUT2D eigenvalue weighted by Gasteiger charge is -2.11. The summed E-state index contributed by atoms with van der Waals surface area (Å²) in [6.07, 6.45) is 0.127. The summed E-state index contributed by atoms with van der Waals surface area (Å²) in [5.74, 6) is 0.904. The lowest BCUT2D eigenvalue weighted by atomic mass is 10.00. The smallest absolute Gasteiger partial charge is 0.355 e. The lowest BCUT2D eigenvalue weighted by molar-refractivity contribution is -0.140. The van der Waals surface area contributed by atoms with Gasteiger partial charge in [-0.2, -0.15) is 10.2 Å². The van der Waals surface area contributed by atoms with E-state index in [0.717, 1.165) is 44.8 Å². The van der Waals surface area contributed by atoms with Crippen LogP contribution in [0.5, 0.6) is 0 Å². The number of hydrogen-bond acceptors (Lipinski definition) is 7. The molecule has 0 saturated heterocycles. The van der Waals surface area contributed by atoms with E-state index in [-0.39, 0.29) is 18.9 Å². The van der Waals surface area contributed by atoms with E-state index in [1.165, 1.54) is 14.2 Å². The van der Waals surface area contributed by atoms with E-state index < -0.39 is 5.97 Å². The number of nitrogens with zero attached hydrogens (tertiary/aromatic N) is 5. The number of ether oxygens (including phenoxy) is 2. The predicted molar refractivity (Wildman–Crippen MR) is 145 cm³/mol. The van der Waals surface area contributed by atoms with Gasteiger partial charge in [0.25, 0.3) is 0 Å². The summed E-state index contributed by atoms with van der Waals surface area (Å²) in [7, 11) is 6.50. The molecule has 0 N–H and O–H groups in total. The second-order valence-electron chi connectivity index (χ2n) is 8.62. The summed E-state index contributed by atoms with van der Waals surface area (Å²) < 4.78 is 15.5. The molecule has 0 aliphatic heterocycles. The quantitative estimate of drug-likeness (QED) is 0.213. The van der Waals surface area contributed by atoms with Crippen LogP contribution in [0.1, 0.15) is 39.7 Å². The fraction of sp³-hybridized carbons (Fsp3) is 0.385. The molecule has 11 heteroatoms. The van der Waals surface area contributed by atoms with Crippen molar-refractivity contribution in [2.24, 2.45) is 14.1 Å². The predicted octanol–water partition coefficient (Wildman–Crippen LogP) is 4.61. The summed E-state index contributed by atoms with van der Waals surface area (Å²) in [6, 6.07) is 9.79. The highest BCUT2D eigenvalue weighted by atomic mass is 35.5. The fourth-order valence-electron chi connectivity index (χ4n) is 4.53. The van der Waals surface area contributed by atoms with Gasteiger partial charge in [0.05, 0.1) is 43.6 Å². The van der Waals surface area contributed by atoms with Crippen LogP contribution in [0.2, 0.25) is 0 Å². The topological polar surface area (TPSA) is 93.2 Å². The minimum Gasteiger partial charge on any atom is -0.469 e. The zero-order valence-electron chi connectivity index (χ0n) is 21.6. The molecule has 9 nitrogen and oxygen atoms in total. The minimum atomic E-state index is -0.472. The third-order valence-electron chi connectivity index (χ3n) is 6.43. The molecule has 4 aromatic rings. The Morgan fingerprint density at radius 2 is 1.78 bits per heavy atom. The molecular formula is C26H30ClN5O4S. The number of para-hydroxylation sites is 1. The Kier molecular flexibility index (Phi) is 8.29. The van der Waals surface area contributed by atoms with E-state index >= 15 is 0 Å². The van der Waals surface area contributed by atoms with E-state index in [1.807, 2.05) is 60.6 Å². The first-order chi connectivity index (χ1) is 17.8. The Morgan fingerprint density at radius 1 is 1.03 bits per heavy atom. The number of fused-ring (bicyclic) bond motifs is 1. The largest absolute Gasteiger partial charge is 0.469 e. The highest BCUT2D eigenvalue weighted by Gasteiger charge is 2.29. The first-order valence-electron chi connectivity index (χ1n) is 11.7. The number of aromatic nitrogens is 5. The molecular weight excluding hydrogens is 514 g/mol. The number of carbonyl (C=O) groups is 2. The molecule has 0 atom stereocenters. The number of halogens is 1. The molecule has 3 aromatic heterocycles. The third-order valence-corrected chi connectivity index (χ3v) is 7.68. The van der Waals surface area contributed by atoms with Crippen molar-refractivity contribution in [2.75, 3.05) is 14.2 Å². The number of hydrogen-bond donors (Lipinski definition) is 0. The van der Waals surface area contributed by atoms with Gasteiger partial charge in [-0.25, -0.2) is 4.79 Å². The van der Waals surface area contributed by atoms with Crippen molar-refractivity contribution in [1.29, 1.82) is 0 Å². The molecule has 3 heterocycles. The van der Waals surface area contributed by atoms with Crippen molar-refractivity contribution < 1.29 is 19.1 Å². The van der Waals surface area contributed by atoms with Crippen LogP contribution in [0.25, 0.3) is 22.0 Å². The van der Waals surface area contributed by atoms with Crippen molar-refractivity contribution in [2.45, 2.75) is 37.3 Å². The molecule has 37 heavy (non-hydrogen) atoms. The minimum absolute atomic E-state index is 0.127. The molecule has 0 saturated carbocycles. The molecule has 0 aliphatic rings. The van der Waals surface area contributed by atoms with Gasteiger partial charge >= 0.3 is 11.9 Å². The number of methoxy groups -OCH3 is 2. The van der Waals surface area contributed by atoms with Crippen LogP contribution in [-0.2, 0) is 52.3 Å². The molecule has 4 rings (SSSR count). The maximum Gasteiger partial charge on any atom is 0.355 e. The van der Waals surface area contributed by atoms with Gasteiger partial charge in [-0.05, 0) is 19.1 Å². The summed E-state index contributed by atoms with van der Waals surface area (Å²) in [4.78, 5) is 25.1. The van der Waals surface area contributed by atoms with Gasteiger partial charge in [0.2, 0.25) is 0 Å². The molecule has 0 spiro atoms. The second kappa shape index (κ2) is 11.4. The number of benzene rings is 1. The third kappa shape index (κ3) is 5.26. The molecule has 0 bridgehead atoms. The SMILES string of the molecule is COC(=O)CCn1c(C(=O)OC)c(-c2c(CSCc3cc(CCl)n(C)n3)nn(C)c2C)c2ccccc21. The van der Waals surface area contributed by atoms with Crippen molar-refractivity contribution in [3.8, 4) is 11.1 Å². The summed E-state index contributed by atoms with van der Waals surface area (Å²) >= 11 is 7.68. The van der Waals surface area contributed by atoms with E-state index in [2.05, 4.69) is 5.10 Å². The zero-order chi connectivity index (χ0) is 26.7. The van der Waals surface area contributed by atoms with Crippen LogP contribution in [0.4, 0.5) is 0 Å². The van der Waals surface area contributed by atoms with Gasteiger partial charge in [0.15, 0.2) is 0 Å². The second-order valence-corrected chi connectivity index (χ2v) is 9.87. The van der Waals surface area contributed by atoms with Gasteiger partial charge in [0, 0.05) is 59.9 Å². The maximum absolute atomic E-state index is 13.2. The number of rotatable bonds is 10. The number of thioether (sulfide) groups is 1. The average Bonchev–Trinajstić information content (AvgIpc) is 3.52. The number of alkyl halides is 1. The molecule has 0 unspecified atom stereocenters. The Balaban J connectivity index is 1.79. The van der Waals surface area contributed by atoms with E-state index in [1.54, 1.807) is 16.4 Å². The number of aryl methyl sites for hydroxylation is 3. The number of carbonyl (C=O) groups excluding carboxylic acids is 2. The van der Waals surface area contributed by atoms with E-state index in [9.17, 15) is 9.59 Å². The molecule has 1 aromatic carbocycles. The molecule has 0 radical (unpaired) electrons. The number of esters is 2. The van der Waals surface area contributed by atoms with Crippen LogP contribution < -0.4 is 0 Å². The molecule has 0 aliphatic carbocycles. The highest BCUT2D eigenvalue weighted by molar-refractivity contribution is 7.97. The van der Waals surface area contributed by atoms with Crippen molar-refractivity contribution in [1.82, 2.24) is 24.1 Å². The van der Waals surface area contributed by atoms with Crippen molar-refractivity contribution in [3.63, 3.8) is 0 Å². The summed E-state index contributed by atoms with van der Waals surface area (Å²) in [5, 5.41) is 10.2. The van der Waals surface area contributed by atoms with Gasteiger partial charge in [0.1, 0.15) is 5.69 Å². The standard InChI is InChI=1S/C26H30ClN5O4S/c1-16-23(20(29-30(16)2)15-37-14-17-12-18(13-27)31(3)28-17)24-19-8-6-7-9-21(19)32(11-10-22(33)35-4)25(24)26(34)36-5/h6-9,12H,10-11,13-15H2,1-5H3. The summed E-state index contributed by atoms with van der Waals surface area (Å²) in [5.41, 5.74) is 6.60. The zero-order valence-corrected chi connectivity index (χ0v) is 23.1. The van der Waals surface area contributed by atoms with Gasteiger partial charge in [-0.1, -0.05) is 18.2 Å². The lowest BCUT2D eigenvalue weighted by Crippen LogP contribution is -2.14. The normalized spacial score (nSPS) is 11.3. The highest BCUT2D eigenvalue weighted by Crippen LogP contribution is 2.40. The fourth-order valence-corrected chi connectivity index (χ4v) is 5.62. The maximum atomic E-state index is 13.2. The van der Waals surface area contributed by atoms with Crippen LogP contribution in [0.15, 0.2) is 30.3 Å². The van der Waals surface area contributed by atoms with Crippen LogP contribution in [0, 0.1) is 6.92 Å². The van der Waals surface area contributed by atoms with Gasteiger partial charge < -0.3 is 14.0 Å². The van der Waals surface area contributed by atoms with E-state index in [4.69, 9.17) is 26.2 Å². The molecule has 196 valence electrons. The first kappa shape index (κ1) is 26.8. The molecule has 0 amide bonds. The molecule has 0 fully saturated rings. The van der Waals surface area contributed by atoms with Crippen LogP contribution in [-0.4, -0.2) is 50.3 Å². The van der Waals surface area contributed by atoms with Crippen LogP contribution in [0.3, 0.4) is 0 Å². The van der Waals surface area contributed by atoms with E-state index in [0.29, 0.717) is 23.1 Å². The van der Waals surface area contributed by atoms with Gasteiger partial charge in [-0.15, -0.1) is 23.4 Å². The Bertz CT molecular complexity index is 1460. The monoisotopic (exact) mass is 543 g/mol.